The van der Waals surface area contributed by atoms with Gasteiger partial charge in [0.15, 0.2) is 0 Å². The molecule has 1 fully saturated rings. The van der Waals surface area contributed by atoms with E-state index in [-0.39, 0.29) is 11.7 Å². The molecule has 1 aliphatic heterocycles. The first-order valence-electron chi connectivity index (χ1n) is 4.19. The van der Waals surface area contributed by atoms with E-state index in [0.717, 1.165) is 12.8 Å². The molecule has 0 radical (unpaired) electrons. The van der Waals surface area contributed by atoms with Crippen LogP contribution in [0.15, 0.2) is 0 Å². The molecule has 1 unspecified atom stereocenters. The van der Waals surface area contributed by atoms with Gasteiger partial charge in [-0.1, -0.05) is 0 Å². The molecule has 1 heterocycles. The van der Waals surface area contributed by atoms with Crippen LogP contribution in [0.25, 0.3) is 0 Å². The molecule has 1 saturated heterocycles. The molecule has 2 nitrogen and oxygen atoms in total. The molecule has 0 aliphatic carbocycles. The molecular weight excluding hydrogens is 138 g/mol. The van der Waals surface area contributed by atoms with Crippen molar-refractivity contribution in [3.63, 3.8) is 0 Å². The summed E-state index contributed by atoms with van der Waals surface area (Å²) in [5.41, 5.74) is -0.000231. The van der Waals surface area contributed by atoms with Crippen molar-refractivity contribution in [3.8, 4) is 6.07 Å². The Bertz CT molecular complexity index is 169. The smallest absolute Gasteiger partial charge is 0.0712 e. The lowest BCUT2D eigenvalue weighted by atomic mass is 9.94. The number of nitriles is 1. The Kier molecular flexibility index (Phi) is 2.51. The average molecular weight is 153 g/mol. The summed E-state index contributed by atoms with van der Waals surface area (Å²) < 4.78 is 5.69. The van der Waals surface area contributed by atoms with E-state index in [9.17, 15) is 0 Å². The van der Waals surface area contributed by atoms with E-state index in [0.29, 0.717) is 6.42 Å². The maximum atomic E-state index is 8.46. The van der Waals surface area contributed by atoms with Crippen molar-refractivity contribution in [1.29, 1.82) is 5.26 Å². The highest BCUT2D eigenvalue weighted by atomic mass is 16.5. The normalized spacial score (nSPS) is 29.4. The molecule has 1 aliphatic rings. The molecule has 0 aromatic rings. The number of hydrogen-bond acceptors (Lipinski definition) is 2. The summed E-state index contributed by atoms with van der Waals surface area (Å²) in [5, 5.41) is 8.46. The second-order valence-corrected chi connectivity index (χ2v) is 3.75. The monoisotopic (exact) mass is 153 g/mol. The highest BCUT2D eigenvalue weighted by Crippen LogP contribution is 2.28. The second kappa shape index (κ2) is 3.23. The number of ether oxygens (including phenoxy) is 1. The first-order valence-corrected chi connectivity index (χ1v) is 4.19. The van der Waals surface area contributed by atoms with Crippen LogP contribution in [-0.4, -0.2) is 11.7 Å². The standard InChI is InChI=1S/C9H15NO/c1-9(2)6-3-4-8(11-9)5-7-10/h8H,3-6H2,1-2H3. The molecule has 2 heteroatoms. The summed E-state index contributed by atoms with van der Waals surface area (Å²) >= 11 is 0. The number of rotatable bonds is 1. The Balaban J connectivity index is 2.41. The highest BCUT2D eigenvalue weighted by molar-refractivity contribution is 4.83. The second-order valence-electron chi connectivity index (χ2n) is 3.75. The fourth-order valence-electron chi connectivity index (χ4n) is 1.57. The molecule has 1 atom stereocenters. The minimum Gasteiger partial charge on any atom is -0.371 e. The van der Waals surface area contributed by atoms with Crippen molar-refractivity contribution in [3.05, 3.63) is 0 Å². The van der Waals surface area contributed by atoms with E-state index < -0.39 is 0 Å². The SMILES string of the molecule is CC1(C)CCCC(CC#N)O1. The molecule has 0 aromatic heterocycles. The maximum absolute atomic E-state index is 8.46. The van der Waals surface area contributed by atoms with Crippen molar-refractivity contribution in [2.24, 2.45) is 0 Å². The van der Waals surface area contributed by atoms with Crippen LogP contribution in [0.5, 0.6) is 0 Å². The number of nitrogens with zero attached hydrogens (tertiary/aromatic N) is 1. The lowest BCUT2D eigenvalue weighted by Crippen LogP contribution is -2.34. The van der Waals surface area contributed by atoms with Gasteiger partial charge in [0.2, 0.25) is 0 Å². The molecule has 0 saturated carbocycles. The maximum Gasteiger partial charge on any atom is 0.0712 e. The molecule has 0 aromatic carbocycles. The van der Waals surface area contributed by atoms with Crippen LogP contribution in [0.1, 0.15) is 39.5 Å². The summed E-state index contributed by atoms with van der Waals surface area (Å²) in [6.45, 7) is 4.19. The molecule has 0 spiro atoms. The summed E-state index contributed by atoms with van der Waals surface area (Å²) in [4.78, 5) is 0. The van der Waals surface area contributed by atoms with Crippen molar-refractivity contribution in [2.45, 2.75) is 51.2 Å². The van der Waals surface area contributed by atoms with Gasteiger partial charge in [0.25, 0.3) is 0 Å². The van der Waals surface area contributed by atoms with E-state index in [1.807, 2.05) is 0 Å². The van der Waals surface area contributed by atoms with Gasteiger partial charge in [0.1, 0.15) is 0 Å². The summed E-state index contributed by atoms with van der Waals surface area (Å²) in [6, 6.07) is 2.15. The van der Waals surface area contributed by atoms with Crippen molar-refractivity contribution >= 4 is 0 Å². The number of hydrogen-bond donors (Lipinski definition) is 0. The van der Waals surface area contributed by atoms with Crippen LogP contribution in [-0.2, 0) is 4.74 Å². The summed E-state index contributed by atoms with van der Waals surface area (Å²) in [5.74, 6) is 0. The third kappa shape index (κ3) is 2.51. The Labute approximate surface area is 68.2 Å². The van der Waals surface area contributed by atoms with E-state index in [1.54, 1.807) is 0 Å². The third-order valence-electron chi connectivity index (χ3n) is 2.11. The van der Waals surface area contributed by atoms with Crippen molar-refractivity contribution in [2.75, 3.05) is 0 Å². The molecule has 0 amide bonds. The van der Waals surface area contributed by atoms with Gasteiger partial charge < -0.3 is 4.74 Å². The van der Waals surface area contributed by atoms with Gasteiger partial charge in [-0.25, -0.2) is 0 Å². The zero-order valence-electron chi connectivity index (χ0n) is 7.26. The van der Waals surface area contributed by atoms with Crippen LogP contribution in [0.2, 0.25) is 0 Å². The van der Waals surface area contributed by atoms with E-state index in [4.69, 9.17) is 10.00 Å². The third-order valence-corrected chi connectivity index (χ3v) is 2.11. The average Bonchev–Trinajstić information content (AvgIpc) is 1.85. The Hall–Kier alpha value is -0.550. The minimum atomic E-state index is -0.000231. The lowest BCUT2D eigenvalue weighted by Gasteiger charge is -2.35. The van der Waals surface area contributed by atoms with Gasteiger partial charge in [0, 0.05) is 0 Å². The zero-order valence-corrected chi connectivity index (χ0v) is 7.26. The zero-order chi connectivity index (χ0) is 8.32. The molecule has 62 valence electrons. The van der Waals surface area contributed by atoms with Gasteiger partial charge in [-0.3, -0.25) is 0 Å². The van der Waals surface area contributed by atoms with E-state index in [2.05, 4.69) is 19.9 Å². The Morgan fingerprint density at radius 1 is 1.64 bits per heavy atom. The minimum absolute atomic E-state index is 0.000231. The summed E-state index contributed by atoms with van der Waals surface area (Å²) in [7, 11) is 0. The first-order chi connectivity index (χ1) is 5.14. The molecule has 11 heavy (non-hydrogen) atoms. The molecule has 0 bridgehead atoms. The molecule has 1 rings (SSSR count). The van der Waals surface area contributed by atoms with Gasteiger partial charge in [-0.05, 0) is 33.1 Å². The highest BCUT2D eigenvalue weighted by Gasteiger charge is 2.27. The van der Waals surface area contributed by atoms with Crippen LogP contribution >= 0.6 is 0 Å². The molecular formula is C9H15NO. The van der Waals surface area contributed by atoms with Crippen LogP contribution < -0.4 is 0 Å². The molecule has 0 N–H and O–H groups in total. The van der Waals surface area contributed by atoms with Crippen molar-refractivity contribution < 1.29 is 4.74 Å². The van der Waals surface area contributed by atoms with Crippen LogP contribution in [0, 0.1) is 11.3 Å². The van der Waals surface area contributed by atoms with Gasteiger partial charge in [0.05, 0.1) is 24.2 Å². The fourth-order valence-corrected chi connectivity index (χ4v) is 1.57. The first kappa shape index (κ1) is 8.55. The Morgan fingerprint density at radius 2 is 2.36 bits per heavy atom. The largest absolute Gasteiger partial charge is 0.371 e. The predicted molar refractivity (Wildman–Crippen MR) is 43.0 cm³/mol. The van der Waals surface area contributed by atoms with Gasteiger partial charge in [-0.15, -0.1) is 0 Å². The Morgan fingerprint density at radius 3 is 2.91 bits per heavy atom. The van der Waals surface area contributed by atoms with Crippen LogP contribution in [0.3, 0.4) is 0 Å². The topological polar surface area (TPSA) is 33.0 Å². The van der Waals surface area contributed by atoms with Crippen LogP contribution in [0.4, 0.5) is 0 Å². The van der Waals surface area contributed by atoms with E-state index >= 15 is 0 Å². The van der Waals surface area contributed by atoms with Gasteiger partial charge in [-0.2, -0.15) is 5.26 Å². The quantitative estimate of drug-likeness (QED) is 0.578. The van der Waals surface area contributed by atoms with Gasteiger partial charge >= 0.3 is 0 Å². The lowest BCUT2D eigenvalue weighted by molar-refractivity contribution is -0.104. The summed E-state index contributed by atoms with van der Waals surface area (Å²) in [6.07, 6.45) is 4.10. The fraction of sp³-hybridized carbons (Fsp3) is 0.889. The predicted octanol–water partition coefficient (Wildman–Crippen LogP) is 2.25. The van der Waals surface area contributed by atoms with Crippen molar-refractivity contribution in [1.82, 2.24) is 0 Å². The van der Waals surface area contributed by atoms with E-state index in [1.165, 1.54) is 6.42 Å².